The van der Waals surface area contributed by atoms with Gasteiger partial charge >= 0.3 is 0 Å². The van der Waals surface area contributed by atoms with Gasteiger partial charge in [0.15, 0.2) is 4.73 Å². The lowest BCUT2D eigenvalue weighted by Crippen LogP contribution is -2.00. The van der Waals surface area contributed by atoms with Crippen LogP contribution in [0.3, 0.4) is 0 Å². The Balaban J connectivity index is 1.90. The molecule has 1 aromatic rings. The first-order valence-electron chi connectivity index (χ1n) is 7.50. The van der Waals surface area contributed by atoms with Crippen molar-refractivity contribution in [1.29, 1.82) is 0 Å². The molecule has 0 bridgehead atoms. The van der Waals surface area contributed by atoms with E-state index in [2.05, 4.69) is 48.9 Å². The molecule has 110 valence electrons. The minimum absolute atomic E-state index is 0.659. The lowest BCUT2D eigenvalue weighted by Gasteiger charge is -2.03. The Bertz CT molecular complexity index is 339. The van der Waals surface area contributed by atoms with Crippen LogP contribution in [0.4, 0.5) is 0 Å². The molecule has 0 aromatic carbocycles. The SMILES string of the molecule is CCCCCCCCCCCCn1nc(Br)nc1Br. The number of aromatic nitrogens is 3. The maximum absolute atomic E-state index is 4.26. The second-order valence-corrected chi connectivity index (χ2v) is 6.47. The first-order chi connectivity index (χ1) is 9.24. The van der Waals surface area contributed by atoms with Gasteiger partial charge in [-0.25, -0.2) is 4.68 Å². The highest BCUT2D eigenvalue weighted by Gasteiger charge is 2.03. The van der Waals surface area contributed by atoms with Crippen molar-refractivity contribution in [2.45, 2.75) is 77.7 Å². The molecule has 0 N–H and O–H groups in total. The summed E-state index contributed by atoms with van der Waals surface area (Å²) in [5.41, 5.74) is 0. The van der Waals surface area contributed by atoms with Gasteiger partial charge in [0, 0.05) is 6.54 Å². The van der Waals surface area contributed by atoms with E-state index in [0.717, 1.165) is 11.3 Å². The first-order valence-corrected chi connectivity index (χ1v) is 9.08. The molecule has 3 nitrogen and oxygen atoms in total. The lowest BCUT2D eigenvalue weighted by atomic mass is 10.1. The molecule has 0 atom stereocenters. The number of unbranched alkanes of at least 4 members (excludes halogenated alkanes) is 9. The molecule has 0 fully saturated rings. The summed E-state index contributed by atoms with van der Waals surface area (Å²) in [4.78, 5) is 4.16. The second-order valence-electron chi connectivity index (χ2n) is 5.05. The minimum atomic E-state index is 0.659. The Morgan fingerprint density at radius 2 is 1.37 bits per heavy atom. The van der Waals surface area contributed by atoms with Crippen molar-refractivity contribution in [1.82, 2.24) is 14.8 Å². The number of hydrogen-bond donors (Lipinski definition) is 0. The number of rotatable bonds is 11. The molecule has 1 heterocycles. The molecule has 0 saturated heterocycles. The maximum atomic E-state index is 4.26. The molecule has 0 radical (unpaired) electrons. The van der Waals surface area contributed by atoms with E-state index in [9.17, 15) is 0 Å². The smallest absolute Gasteiger partial charge is 0.218 e. The van der Waals surface area contributed by atoms with Gasteiger partial charge in [-0.1, -0.05) is 64.7 Å². The van der Waals surface area contributed by atoms with Crippen LogP contribution in [0, 0.1) is 0 Å². The number of nitrogens with zero attached hydrogens (tertiary/aromatic N) is 3. The van der Waals surface area contributed by atoms with Crippen molar-refractivity contribution in [3.05, 3.63) is 9.47 Å². The first kappa shape index (κ1) is 17.2. The maximum Gasteiger partial charge on any atom is 0.218 e. The summed E-state index contributed by atoms with van der Waals surface area (Å²) < 4.78 is 3.39. The molecule has 0 spiro atoms. The van der Waals surface area contributed by atoms with Crippen molar-refractivity contribution >= 4 is 31.9 Å². The summed E-state index contributed by atoms with van der Waals surface area (Å²) in [6, 6.07) is 0. The van der Waals surface area contributed by atoms with Crippen LogP contribution in [-0.4, -0.2) is 14.8 Å². The summed E-state index contributed by atoms with van der Waals surface area (Å²) in [5, 5.41) is 4.26. The van der Waals surface area contributed by atoms with Gasteiger partial charge in [0.2, 0.25) is 4.73 Å². The quantitative estimate of drug-likeness (QED) is 0.449. The topological polar surface area (TPSA) is 30.7 Å². The fraction of sp³-hybridized carbons (Fsp3) is 0.857. The van der Waals surface area contributed by atoms with Gasteiger partial charge in [0.1, 0.15) is 0 Å². The van der Waals surface area contributed by atoms with Crippen LogP contribution >= 0.6 is 31.9 Å². The summed E-state index contributed by atoms with van der Waals surface area (Å²) in [6.45, 7) is 3.22. The number of aryl methyl sites for hydroxylation is 1. The van der Waals surface area contributed by atoms with Crippen LogP contribution in [0.1, 0.15) is 71.1 Å². The predicted octanol–water partition coefficient (Wildman–Crippen LogP) is 5.72. The molecule has 0 aliphatic rings. The van der Waals surface area contributed by atoms with E-state index < -0.39 is 0 Å². The molecule has 0 saturated carbocycles. The van der Waals surface area contributed by atoms with Crippen LogP contribution in [0.5, 0.6) is 0 Å². The minimum Gasteiger partial charge on any atom is -0.239 e. The fourth-order valence-corrected chi connectivity index (χ4v) is 3.21. The average molecular weight is 395 g/mol. The Hall–Kier alpha value is 0.1000. The highest BCUT2D eigenvalue weighted by Crippen LogP contribution is 2.14. The molecule has 0 amide bonds. The number of hydrogen-bond acceptors (Lipinski definition) is 2. The van der Waals surface area contributed by atoms with E-state index in [-0.39, 0.29) is 0 Å². The molecule has 0 aliphatic heterocycles. The van der Waals surface area contributed by atoms with Gasteiger partial charge in [0.25, 0.3) is 0 Å². The molecule has 5 heteroatoms. The van der Waals surface area contributed by atoms with Crippen LogP contribution < -0.4 is 0 Å². The third kappa shape index (κ3) is 8.08. The molecule has 19 heavy (non-hydrogen) atoms. The average Bonchev–Trinajstić information content (AvgIpc) is 2.70. The van der Waals surface area contributed by atoms with E-state index in [4.69, 9.17) is 0 Å². The lowest BCUT2D eigenvalue weighted by molar-refractivity contribution is 0.509. The van der Waals surface area contributed by atoms with Crippen LogP contribution in [0.25, 0.3) is 0 Å². The highest BCUT2D eigenvalue weighted by molar-refractivity contribution is 9.11. The van der Waals surface area contributed by atoms with Crippen molar-refractivity contribution in [3.8, 4) is 0 Å². The third-order valence-electron chi connectivity index (χ3n) is 3.32. The Morgan fingerprint density at radius 1 is 0.842 bits per heavy atom. The van der Waals surface area contributed by atoms with E-state index >= 15 is 0 Å². The molecule has 0 aliphatic carbocycles. The van der Waals surface area contributed by atoms with Crippen LogP contribution in [0.2, 0.25) is 0 Å². The standard InChI is InChI=1S/C14H25Br2N3/c1-2-3-4-5-6-7-8-9-10-11-12-19-14(16)17-13(15)18-19/h2-12H2,1H3. The largest absolute Gasteiger partial charge is 0.239 e. The van der Waals surface area contributed by atoms with Crippen LogP contribution in [-0.2, 0) is 6.54 Å². The van der Waals surface area contributed by atoms with Crippen molar-refractivity contribution < 1.29 is 0 Å². The number of halogens is 2. The zero-order chi connectivity index (χ0) is 13.9. The van der Waals surface area contributed by atoms with Gasteiger partial charge < -0.3 is 0 Å². The zero-order valence-electron chi connectivity index (χ0n) is 11.9. The molecular formula is C14H25Br2N3. The normalized spacial score (nSPS) is 11.1. The summed E-state index contributed by atoms with van der Waals surface area (Å²) >= 11 is 6.68. The Morgan fingerprint density at radius 3 is 1.84 bits per heavy atom. The Labute approximate surface area is 133 Å². The van der Waals surface area contributed by atoms with Crippen molar-refractivity contribution in [2.75, 3.05) is 0 Å². The van der Waals surface area contributed by atoms with E-state index in [1.54, 1.807) is 0 Å². The predicted molar refractivity (Wildman–Crippen MR) is 87.3 cm³/mol. The Kier molecular flexibility index (Phi) is 9.78. The van der Waals surface area contributed by atoms with Crippen LogP contribution in [0.15, 0.2) is 9.47 Å². The van der Waals surface area contributed by atoms with Gasteiger partial charge in [-0.05, 0) is 38.3 Å². The van der Waals surface area contributed by atoms with Gasteiger partial charge in [-0.3, -0.25) is 0 Å². The van der Waals surface area contributed by atoms with Gasteiger partial charge in [-0.2, -0.15) is 4.98 Å². The molecule has 1 aromatic heterocycles. The molecular weight excluding hydrogens is 370 g/mol. The van der Waals surface area contributed by atoms with Gasteiger partial charge in [0.05, 0.1) is 0 Å². The third-order valence-corrected chi connectivity index (χ3v) is 4.25. The zero-order valence-corrected chi connectivity index (χ0v) is 15.0. The summed E-state index contributed by atoms with van der Waals surface area (Å²) in [6.07, 6.45) is 13.6. The second kappa shape index (κ2) is 10.8. The van der Waals surface area contributed by atoms with E-state index in [0.29, 0.717) is 4.73 Å². The highest BCUT2D eigenvalue weighted by atomic mass is 79.9. The monoisotopic (exact) mass is 393 g/mol. The molecule has 1 rings (SSSR count). The summed E-state index contributed by atoms with van der Waals surface area (Å²) in [7, 11) is 0. The van der Waals surface area contributed by atoms with E-state index in [1.807, 2.05) is 4.68 Å². The fourth-order valence-electron chi connectivity index (χ4n) is 2.19. The molecule has 0 unspecified atom stereocenters. The van der Waals surface area contributed by atoms with Crippen molar-refractivity contribution in [3.63, 3.8) is 0 Å². The van der Waals surface area contributed by atoms with Gasteiger partial charge in [-0.15, -0.1) is 5.10 Å². The summed E-state index contributed by atoms with van der Waals surface area (Å²) in [5.74, 6) is 0. The van der Waals surface area contributed by atoms with E-state index in [1.165, 1.54) is 64.2 Å². The van der Waals surface area contributed by atoms with Crippen molar-refractivity contribution in [2.24, 2.45) is 0 Å².